The van der Waals surface area contributed by atoms with Crippen molar-refractivity contribution in [3.05, 3.63) is 79.2 Å². The number of likely N-dealkylation sites (tertiary alicyclic amines) is 1. The van der Waals surface area contributed by atoms with E-state index in [4.69, 9.17) is 0 Å². The number of para-hydroxylation sites is 2. The van der Waals surface area contributed by atoms with Gasteiger partial charge in [-0.1, -0.05) is 18.2 Å². The molecule has 154 valence electrons. The lowest BCUT2D eigenvalue weighted by atomic mass is 10.0. The number of piperidine rings is 1. The third kappa shape index (κ3) is 3.39. The summed E-state index contributed by atoms with van der Waals surface area (Å²) in [5.74, 6) is 0. The van der Waals surface area contributed by atoms with E-state index in [-0.39, 0.29) is 11.7 Å². The van der Waals surface area contributed by atoms with Crippen LogP contribution in [0.5, 0.6) is 0 Å². The minimum atomic E-state index is -0.632. The van der Waals surface area contributed by atoms with E-state index in [1.807, 2.05) is 47.0 Å². The summed E-state index contributed by atoms with van der Waals surface area (Å²) in [5, 5.41) is 0. The molecule has 0 unspecified atom stereocenters. The summed E-state index contributed by atoms with van der Waals surface area (Å²) >= 11 is 0. The lowest BCUT2D eigenvalue weighted by molar-refractivity contribution is 0.188. The highest BCUT2D eigenvalue weighted by molar-refractivity contribution is 5.75. The number of aromatic amines is 3. The summed E-state index contributed by atoms with van der Waals surface area (Å²) in [6.45, 7) is 2.79. The first-order chi connectivity index (χ1) is 14.6. The highest BCUT2D eigenvalue weighted by Crippen LogP contribution is 2.25. The van der Waals surface area contributed by atoms with Crippen molar-refractivity contribution in [2.75, 3.05) is 19.6 Å². The van der Waals surface area contributed by atoms with Crippen molar-refractivity contribution in [3.8, 4) is 0 Å². The quantitative estimate of drug-likeness (QED) is 0.450. The number of rotatable bonds is 4. The number of H-pyrrole nitrogens is 3. The number of hydrogen-bond acceptors (Lipinski definition) is 4. The van der Waals surface area contributed by atoms with Gasteiger partial charge in [0.25, 0.3) is 0 Å². The molecule has 0 atom stereocenters. The molecule has 1 saturated heterocycles. The molecule has 0 aliphatic carbocycles. The maximum atomic E-state index is 12.4. The zero-order valence-electron chi connectivity index (χ0n) is 16.5. The molecule has 3 heterocycles. The monoisotopic (exact) mass is 405 g/mol. The SMILES string of the molecule is O=c1[nH]c2ccc(CCN3CCC(n4c(=O)[nH]c5ccccc54)CC3)cc2[nH]c1=O. The van der Waals surface area contributed by atoms with E-state index in [0.29, 0.717) is 11.0 Å². The van der Waals surface area contributed by atoms with Crippen molar-refractivity contribution < 1.29 is 0 Å². The molecule has 2 aromatic carbocycles. The molecule has 0 amide bonds. The number of nitrogens with one attached hydrogen (secondary N) is 3. The van der Waals surface area contributed by atoms with Gasteiger partial charge in [0.15, 0.2) is 0 Å². The van der Waals surface area contributed by atoms with Crippen LogP contribution in [0, 0.1) is 0 Å². The van der Waals surface area contributed by atoms with Gasteiger partial charge in [0, 0.05) is 25.7 Å². The first kappa shape index (κ1) is 18.6. The van der Waals surface area contributed by atoms with Gasteiger partial charge >= 0.3 is 16.8 Å². The maximum absolute atomic E-state index is 12.4. The number of nitrogens with zero attached hydrogens (tertiary/aromatic N) is 2. The normalized spacial score (nSPS) is 15.9. The van der Waals surface area contributed by atoms with Crippen molar-refractivity contribution in [2.45, 2.75) is 25.3 Å². The Balaban J connectivity index is 1.24. The lowest BCUT2D eigenvalue weighted by Crippen LogP contribution is -2.38. The van der Waals surface area contributed by atoms with Crippen LogP contribution in [-0.2, 0) is 6.42 Å². The molecule has 1 fully saturated rings. The minimum absolute atomic E-state index is 0.0298. The van der Waals surface area contributed by atoms with E-state index in [9.17, 15) is 14.4 Å². The standard InChI is InChI=1S/C22H23N5O3/c28-20-21(29)24-18-13-14(5-6-16(18)23-20)7-10-26-11-8-15(9-12-26)27-19-4-2-1-3-17(19)25-22(27)30/h1-6,13,15H,7-12H2,(H,23,28)(H,24,29)(H,25,30). The van der Waals surface area contributed by atoms with E-state index in [1.54, 1.807) is 0 Å². The first-order valence-electron chi connectivity index (χ1n) is 10.3. The number of hydrogen-bond donors (Lipinski definition) is 3. The highest BCUT2D eigenvalue weighted by Gasteiger charge is 2.23. The van der Waals surface area contributed by atoms with Crippen LogP contribution in [0.4, 0.5) is 0 Å². The second kappa shape index (κ2) is 7.46. The summed E-state index contributed by atoms with van der Waals surface area (Å²) in [6.07, 6.45) is 2.73. The molecule has 0 radical (unpaired) electrons. The Kier molecular flexibility index (Phi) is 4.63. The summed E-state index contributed by atoms with van der Waals surface area (Å²) in [4.78, 5) is 46.0. The van der Waals surface area contributed by atoms with Gasteiger partial charge in [-0.3, -0.25) is 14.2 Å². The number of aromatic nitrogens is 4. The molecule has 1 aliphatic heterocycles. The molecule has 8 nitrogen and oxygen atoms in total. The fourth-order valence-corrected chi connectivity index (χ4v) is 4.44. The van der Waals surface area contributed by atoms with Crippen LogP contribution < -0.4 is 16.8 Å². The van der Waals surface area contributed by atoms with Crippen LogP contribution in [0.2, 0.25) is 0 Å². The smallest absolute Gasteiger partial charge is 0.316 e. The molecular weight excluding hydrogens is 382 g/mol. The van der Waals surface area contributed by atoms with Crippen molar-refractivity contribution in [3.63, 3.8) is 0 Å². The molecule has 0 saturated carbocycles. The molecule has 2 aromatic heterocycles. The average molecular weight is 405 g/mol. The van der Waals surface area contributed by atoms with Crippen LogP contribution >= 0.6 is 0 Å². The largest absolute Gasteiger partial charge is 0.326 e. The van der Waals surface area contributed by atoms with Crippen molar-refractivity contribution in [2.24, 2.45) is 0 Å². The average Bonchev–Trinajstić information content (AvgIpc) is 3.09. The molecule has 5 rings (SSSR count). The molecule has 4 aromatic rings. The van der Waals surface area contributed by atoms with Gasteiger partial charge in [0.05, 0.1) is 22.1 Å². The Morgan fingerprint density at radius 1 is 0.833 bits per heavy atom. The van der Waals surface area contributed by atoms with E-state index in [2.05, 4.69) is 19.9 Å². The number of fused-ring (bicyclic) bond motifs is 2. The lowest BCUT2D eigenvalue weighted by Gasteiger charge is -2.32. The fourth-order valence-electron chi connectivity index (χ4n) is 4.44. The van der Waals surface area contributed by atoms with Crippen LogP contribution in [0.3, 0.4) is 0 Å². The van der Waals surface area contributed by atoms with Crippen LogP contribution in [0.25, 0.3) is 22.1 Å². The predicted octanol–water partition coefficient (Wildman–Crippen LogP) is 1.74. The third-order valence-corrected chi connectivity index (χ3v) is 6.05. The second-order valence-electron chi connectivity index (χ2n) is 7.93. The predicted molar refractivity (Wildman–Crippen MR) is 116 cm³/mol. The Bertz CT molecular complexity index is 1390. The first-order valence-corrected chi connectivity index (χ1v) is 10.3. The van der Waals surface area contributed by atoms with Gasteiger partial charge in [-0.25, -0.2) is 4.79 Å². The number of imidazole rings is 1. The van der Waals surface area contributed by atoms with Crippen LogP contribution in [0.15, 0.2) is 56.8 Å². The Morgan fingerprint density at radius 3 is 2.37 bits per heavy atom. The molecular formula is C22H23N5O3. The van der Waals surface area contributed by atoms with Gasteiger partial charge in [-0.15, -0.1) is 0 Å². The third-order valence-electron chi connectivity index (χ3n) is 6.05. The van der Waals surface area contributed by atoms with Gasteiger partial charge < -0.3 is 19.9 Å². The molecule has 3 N–H and O–H groups in total. The molecule has 0 spiro atoms. The van der Waals surface area contributed by atoms with E-state index in [0.717, 1.165) is 55.5 Å². The summed E-state index contributed by atoms with van der Waals surface area (Å²) in [6, 6.07) is 13.8. The zero-order chi connectivity index (χ0) is 20.7. The van der Waals surface area contributed by atoms with Crippen LogP contribution in [0.1, 0.15) is 24.4 Å². The van der Waals surface area contributed by atoms with Crippen molar-refractivity contribution in [1.29, 1.82) is 0 Å². The molecule has 0 bridgehead atoms. The van der Waals surface area contributed by atoms with Crippen molar-refractivity contribution >= 4 is 22.1 Å². The van der Waals surface area contributed by atoms with E-state index >= 15 is 0 Å². The van der Waals surface area contributed by atoms with Gasteiger partial charge in [-0.05, 0) is 49.1 Å². The van der Waals surface area contributed by atoms with E-state index in [1.165, 1.54) is 0 Å². The Labute approximate surface area is 171 Å². The molecule has 1 aliphatic rings. The molecule has 30 heavy (non-hydrogen) atoms. The minimum Gasteiger partial charge on any atom is -0.316 e. The Hall–Kier alpha value is -3.39. The maximum Gasteiger partial charge on any atom is 0.326 e. The fraction of sp³-hybridized carbons (Fsp3) is 0.318. The zero-order valence-corrected chi connectivity index (χ0v) is 16.5. The summed E-state index contributed by atoms with van der Waals surface area (Å²) < 4.78 is 1.91. The number of benzene rings is 2. The van der Waals surface area contributed by atoms with Crippen LogP contribution in [-0.4, -0.2) is 44.1 Å². The van der Waals surface area contributed by atoms with Crippen molar-refractivity contribution in [1.82, 2.24) is 24.4 Å². The van der Waals surface area contributed by atoms with Gasteiger partial charge in [-0.2, -0.15) is 0 Å². The van der Waals surface area contributed by atoms with Gasteiger partial charge in [0.2, 0.25) is 0 Å². The summed E-state index contributed by atoms with van der Waals surface area (Å²) in [7, 11) is 0. The van der Waals surface area contributed by atoms with E-state index < -0.39 is 11.1 Å². The Morgan fingerprint density at radius 2 is 1.57 bits per heavy atom. The topological polar surface area (TPSA) is 107 Å². The highest BCUT2D eigenvalue weighted by atomic mass is 16.2. The second-order valence-corrected chi connectivity index (χ2v) is 7.93. The van der Waals surface area contributed by atoms with Gasteiger partial charge in [0.1, 0.15) is 0 Å². The molecule has 8 heteroatoms. The summed E-state index contributed by atoms with van der Waals surface area (Å²) in [5.41, 5.74) is 2.97.